The quantitative estimate of drug-likeness (QED) is 0.702. The number of likely N-dealkylation sites (tertiary alicyclic amines) is 1. The van der Waals surface area contributed by atoms with Crippen LogP contribution in [-0.4, -0.2) is 50.8 Å². The van der Waals surface area contributed by atoms with E-state index in [0.717, 1.165) is 5.56 Å². The van der Waals surface area contributed by atoms with Crippen molar-refractivity contribution in [2.75, 3.05) is 13.1 Å². The molecule has 8 heteroatoms. The number of nitrogens with zero attached hydrogens (tertiary/aromatic N) is 4. The number of carbonyl (C=O) groups excluding carboxylic acids is 2. The minimum Gasteiger partial charge on any atom is -0.349 e. The van der Waals surface area contributed by atoms with E-state index in [0.29, 0.717) is 42.7 Å². The molecule has 3 aromatic rings. The third kappa shape index (κ3) is 4.63. The number of aryl methyl sites for hydroxylation is 2. The molecule has 0 unspecified atom stereocenters. The van der Waals surface area contributed by atoms with Crippen molar-refractivity contribution in [2.24, 2.45) is 0 Å². The summed E-state index contributed by atoms with van der Waals surface area (Å²) < 4.78 is 15.2. The van der Waals surface area contributed by atoms with Crippen molar-refractivity contribution in [1.29, 1.82) is 0 Å². The first-order chi connectivity index (χ1) is 14.9. The maximum atomic E-state index is 13.8. The lowest BCUT2D eigenvalue weighted by molar-refractivity contribution is 0.0692. The van der Waals surface area contributed by atoms with E-state index in [1.54, 1.807) is 24.0 Å². The predicted molar refractivity (Wildman–Crippen MR) is 114 cm³/mol. The summed E-state index contributed by atoms with van der Waals surface area (Å²) in [6, 6.07) is 12.2. The molecule has 7 nitrogen and oxygen atoms in total. The molecule has 0 saturated carbocycles. The average molecular weight is 421 g/mol. The van der Waals surface area contributed by atoms with Gasteiger partial charge in [0, 0.05) is 24.7 Å². The average Bonchev–Trinajstić information content (AvgIpc) is 3.26. The fourth-order valence-corrected chi connectivity index (χ4v) is 3.57. The molecule has 160 valence electrons. The Balaban J connectivity index is 1.34. The normalized spacial score (nSPS) is 14.5. The molecule has 1 saturated heterocycles. The summed E-state index contributed by atoms with van der Waals surface area (Å²) in [5.41, 5.74) is 2.99. The zero-order chi connectivity index (χ0) is 22.0. The number of benzene rings is 2. The minimum absolute atomic E-state index is 0.0177. The number of carbonyl (C=O) groups is 2. The molecule has 0 radical (unpaired) electrons. The van der Waals surface area contributed by atoms with Crippen molar-refractivity contribution in [1.82, 2.24) is 25.2 Å². The summed E-state index contributed by atoms with van der Waals surface area (Å²) in [6.07, 6.45) is 2.85. The molecule has 4 rings (SSSR count). The van der Waals surface area contributed by atoms with Crippen LogP contribution < -0.4 is 5.32 Å². The van der Waals surface area contributed by atoms with Crippen molar-refractivity contribution in [3.8, 4) is 5.69 Å². The van der Waals surface area contributed by atoms with Gasteiger partial charge in [-0.25, -0.2) is 9.07 Å². The van der Waals surface area contributed by atoms with Crippen molar-refractivity contribution >= 4 is 11.8 Å². The summed E-state index contributed by atoms with van der Waals surface area (Å²) >= 11 is 0. The molecule has 0 atom stereocenters. The Kier molecular flexibility index (Phi) is 5.79. The molecule has 31 heavy (non-hydrogen) atoms. The highest BCUT2D eigenvalue weighted by Crippen LogP contribution is 2.16. The Morgan fingerprint density at radius 1 is 1.06 bits per heavy atom. The SMILES string of the molecule is Cc1ccc(C(=O)NC2CCN(C(=O)c3cn(-c4ccc(C)c(F)c4)nn3)CC2)cc1. The van der Waals surface area contributed by atoms with Crippen molar-refractivity contribution in [2.45, 2.75) is 32.7 Å². The second-order valence-electron chi connectivity index (χ2n) is 7.89. The third-order valence-corrected chi connectivity index (χ3v) is 5.56. The number of aromatic nitrogens is 3. The molecular weight excluding hydrogens is 397 g/mol. The molecule has 1 aliphatic heterocycles. The summed E-state index contributed by atoms with van der Waals surface area (Å²) in [6.45, 7) is 4.70. The largest absolute Gasteiger partial charge is 0.349 e. The minimum atomic E-state index is -0.337. The first kappa shape index (κ1) is 20.7. The Hall–Kier alpha value is -3.55. The first-order valence-corrected chi connectivity index (χ1v) is 10.3. The Bertz CT molecular complexity index is 1100. The number of nitrogens with one attached hydrogen (secondary N) is 1. The van der Waals surface area contributed by atoms with Gasteiger partial charge in [-0.1, -0.05) is 29.0 Å². The van der Waals surface area contributed by atoms with E-state index in [-0.39, 0.29) is 29.4 Å². The third-order valence-electron chi connectivity index (χ3n) is 5.56. The van der Waals surface area contributed by atoms with Gasteiger partial charge in [-0.05, 0) is 56.5 Å². The standard InChI is InChI=1S/C23H24FN5O2/c1-15-3-6-17(7-4-15)22(30)25-18-9-11-28(12-10-18)23(31)21-14-29(27-26-21)19-8-5-16(2)20(24)13-19/h3-8,13-14,18H,9-12H2,1-2H3,(H,25,30). The number of halogens is 1. The van der Waals surface area contributed by atoms with E-state index in [1.165, 1.54) is 16.9 Å². The van der Waals surface area contributed by atoms with Crippen molar-refractivity contribution < 1.29 is 14.0 Å². The van der Waals surface area contributed by atoms with Gasteiger partial charge in [0.05, 0.1) is 11.9 Å². The van der Waals surface area contributed by atoms with E-state index >= 15 is 0 Å². The maximum Gasteiger partial charge on any atom is 0.276 e. The highest BCUT2D eigenvalue weighted by molar-refractivity contribution is 5.94. The Labute approximate surface area is 179 Å². The van der Waals surface area contributed by atoms with Gasteiger partial charge in [0.15, 0.2) is 5.69 Å². The van der Waals surface area contributed by atoms with Crippen LogP contribution in [0.5, 0.6) is 0 Å². The van der Waals surface area contributed by atoms with Gasteiger partial charge in [-0.2, -0.15) is 0 Å². The number of hydrogen-bond acceptors (Lipinski definition) is 4. The molecule has 1 N–H and O–H groups in total. The Morgan fingerprint density at radius 2 is 1.77 bits per heavy atom. The smallest absolute Gasteiger partial charge is 0.276 e. The molecule has 1 fully saturated rings. The highest BCUT2D eigenvalue weighted by Gasteiger charge is 2.26. The monoisotopic (exact) mass is 421 g/mol. The lowest BCUT2D eigenvalue weighted by Gasteiger charge is -2.31. The van der Waals surface area contributed by atoms with Gasteiger partial charge >= 0.3 is 0 Å². The fourth-order valence-electron chi connectivity index (χ4n) is 3.57. The summed E-state index contributed by atoms with van der Waals surface area (Å²) in [5, 5.41) is 11.0. The van der Waals surface area contributed by atoms with Gasteiger partial charge in [0.25, 0.3) is 11.8 Å². The van der Waals surface area contributed by atoms with Crippen LogP contribution in [0.2, 0.25) is 0 Å². The molecule has 0 spiro atoms. The van der Waals surface area contributed by atoms with Crippen LogP contribution >= 0.6 is 0 Å². The predicted octanol–water partition coefficient (Wildman–Crippen LogP) is 3.06. The van der Waals surface area contributed by atoms with Crippen LogP contribution in [0.4, 0.5) is 4.39 Å². The number of piperidine rings is 1. The number of amides is 2. The van der Waals surface area contributed by atoms with Gasteiger partial charge in [0.1, 0.15) is 5.82 Å². The summed E-state index contributed by atoms with van der Waals surface area (Å²) in [4.78, 5) is 26.9. The highest BCUT2D eigenvalue weighted by atomic mass is 19.1. The topological polar surface area (TPSA) is 80.1 Å². The molecular formula is C23H24FN5O2. The zero-order valence-electron chi connectivity index (χ0n) is 17.5. The van der Waals surface area contributed by atoms with Gasteiger partial charge in [-0.3, -0.25) is 9.59 Å². The van der Waals surface area contributed by atoms with E-state index in [9.17, 15) is 14.0 Å². The second kappa shape index (κ2) is 8.67. The molecule has 2 amide bonds. The molecule has 1 aromatic heterocycles. The number of rotatable bonds is 4. The molecule has 0 bridgehead atoms. The van der Waals surface area contributed by atoms with Crippen LogP contribution in [0.1, 0.15) is 44.8 Å². The van der Waals surface area contributed by atoms with Crippen LogP contribution in [0, 0.1) is 19.7 Å². The van der Waals surface area contributed by atoms with E-state index in [4.69, 9.17) is 0 Å². The maximum absolute atomic E-state index is 13.8. The van der Waals surface area contributed by atoms with E-state index in [2.05, 4.69) is 15.6 Å². The van der Waals surface area contributed by atoms with E-state index < -0.39 is 0 Å². The van der Waals surface area contributed by atoms with Crippen LogP contribution in [-0.2, 0) is 0 Å². The van der Waals surface area contributed by atoms with Crippen molar-refractivity contribution in [3.05, 3.63) is 76.9 Å². The Morgan fingerprint density at radius 3 is 2.45 bits per heavy atom. The molecule has 2 heterocycles. The van der Waals surface area contributed by atoms with Crippen LogP contribution in [0.25, 0.3) is 5.69 Å². The van der Waals surface area contributed by atoms with Crippen LogP contribution in [0.15, 0.2) is 48.7 Å². The van der Waals surface area contributed by atoms with Crippen molar-refractivity contribution in [3.63, 3.8) is 0 Å². The zero-order valence-corrected chi connectivity index (χ0v) is 17.5. The van der Waals surface area contributed by atoms with Gasteiger partial charge < -0.3 is 10.2 Å². The van der Waals surface area contributed by atoms with Crippen LogP contribution in [0.3, 0.4) is 0 Å². The summed E-state index contributed by atoms with van der Waals surface area (Å²) in [7, 11) is 0. The summed E-state index contributed by atoms with van der Waals surface area (Å²) in [5.74, 6) is -0.657. The molecule has 2 aromatic carbocycles. The lowest BCUT2D eigenvalue weighted by Crippen LogP contribution is -2.46. The molecule has 0 aliphatic carbocycles. The first-order valence-electron chi connectivity index (χ1n) is 10.3. The van der Waals surface area contributed by atoms with Gasteiger partial charge in [0.2, 0.25) is 0 Å². The molecule has 1 aliphatic rings. The van der Waals surface area contributed by atoms with Gasteiger partial charge in [-0.15, -0.1) is 5.10 Å². The number of hydrogen-bond donors (Lipinski definition) is 1. The second-order valence-corrected chi connectivity index (χ2v) is 7.89. The lowest BCUT2D eigenvalue weighted by atomic mass is 10.0. The van der Waals surface area contributed by atoms with E-state index in [1.807, 2.05) is 31.2 Å². The fraction of sp³-hybridized carbons (Fsp3) is 0.304.